The molecule has 0 aromatic rings. The van der Waals surface area contributed by atoms with E-state index < -0.39 is 0 Å². The molecule has 2 rings (SSSR count). The lowest BCUT2D eigenvalue weighted by molar-refractivity contribution is -0.121. The van der Waals surface area contributed by atoms with Crippen LogP contribution in [0.5, 0.6) is 0 Å². The number of hydrogen-bond acceptors (Lipinski definition) is 3. The molecule has 2 aliphatic heterocycles. The maximum absolute atomic E-state index is 11.7. The molecule has 0 aromatic carbocycles. The van der Waals surface area contributed by atoms with Crippen molar-refractivity contribution < 1.29 is 4.79 Å². The highest BCUT2D eigenvalue weighted by molar-refractivity contribution is 7.99. The van der Waals surface area contributed by atoms with Crippen LogP contribution in [0.4, 0.5) is 0 Å². The molecule has 1 atom stereocenters. The Labute approximate surface area is 108 Å². The molecule has 0 aliphatic carbocycles. The van der Waals surface area contributed by atoms with Crippen LogP contribution in [0.3, 0.4) is 0 Å². The van der Waals surface area contributed by atoms with Crippen LogP contribution in [0.2, 0.25) is 0 Å². The molecule has 4 heteroatoms. The lowest BCUT2D eigenvalue weighted by Crippen LogP contribution is -2.31. The first-order valence-electron chi connectivity index (χ1n) is 6.90. The molecular weight excluding hydrogens is 232 g/mol. The van der Waals surface area contributed by atoms with Crippen LogP contribution < -0.4 is 10.6 Å². The molecular formula is C13H24N2OS. The van der Waals surface area contributed by atoms with Crippen LogP contribution in [-0.2, 0) is 4.79 Å². The van der Waals surface area contributed by atoms with Gasteiger partial charge in [-0.25, -0.2) is 0 Å². The van der Waals surface area contributed by atoms with Crippen molar-refractivity contribution in [3.05, 3.63) is 0 Å². The van der Waals surface area contributed by atoms with E-state index in [9.17, 15) is 4.79 Å². The standard InChI is InChI=1S/C13H24N2OS/c16-13(15-9-12-5-8-17-10-12)2-1-11-3-6-14-7-4-11/h11-12,14H,1-10H2,(H,15,16). The van der Waals surface area contributed by atoms with E-state index in [0.717, 1.165) is 44.3 Å². The maximum atomic E-state index is 11.7. The van der Waals surface area contributed by atoms with Crippen LogP contribution in [0, 0.1) is 11.8 Å². The third-order valence-electron chi connectivity index (χ3n) is 3.85. The quantitative estimate of drug-likeness (QED) is 0.785. The minimum atomic E-state index is 0.264. The highest BCUT2D eigenvalue weighted by atomic mass is 32.2. The minimum absolute atomic E-state index is 0.264. The Balaban J connectivity index is 1.53. The Morgan fingerprint density at radius 3 is 2.76 bits per heavy atom. The van der Waals surface area contributed by atoms with Crippen molar-refractivity contribution in [2.45, 2.75) is 32.1 Å². The predicted octanol–water partition coefficient (Wildman–Crippen LogP) is 1.64. The fourth-order valence-electron chi connectivity index (χ4n) is 2.60. The summed E-state index contributed by atoms with van der Waals surface area (Å²) in [5.74, 6) is 4.26. The van der Waals surface area contributed by atoms with Gasteiger partial charge in [-0.3, -0.25) is 4.79 Å². The summed E-state index contributed by atoms with van der Waals surface area (Å²) in [7, 11) is 0. The lowest BCUT2D eigenvalue weighted by atomic mass is 9.93. The zero-order valence-electron chi connectivity index (χ0n) is 10.5. The summed E-state index contributed by atoms with van der Waals surface area (Å²) in [6.45, 7) is 3.16. The second-order valence-electron chi connectivity index (χ2n) is 5.27. The first-order chi connectivity index (χ1) is 8.34. The smallest absolute Gasteiger partial charge is 0.220 e. The second-order valence-corrected chi connectivity index (χ2v) is 6.42. The normalized spacial score (nSPS) is 26.0. The SMILES string of the molecule is O=C(CCC1CCNCC1)NCC1CCSC1. The van der Waals surface area contributed by atoms with Gasteiger partial charge >= 0.3 is 0 Å². The van der Waals surface area contributed by atoms with Gasteiger partial charge in [-0.2, -0.15) is 11.8 Å². The Bertz CT molecular complexity index is 236. The van der Waals surface area contributed by atoms with E-state index in [2.05, 4.69) is 10.6 Å². The molecule has 2 aliphatic rings. The molecule has 0 spiro atoms. The van der Waals surface area contributed by atoms with Crippen LogP contribution in [0.1, 0.15) is 32.1 Å². The van der Waals surface area contributed by atoms with E-state index in [-0.39, 0.29) is 5.91 Å². The van der Waals surface area contributed by atoms with Gasteiger partial charge in [0.15, 0.2) is 0 Å². The summed E-state index contributed by atoms with van der Waals surface area (Å²) >= 11 is 2.01. The topological polar surface area (TPSA) is 41.1 Å². The van der Waals surface area contributed by atoms with Gasteiger partial charge in [0.1, 0.15) is 0 Å². The molecule has 2 heterocycles. The Hall–Kier alpha value is -0.220. The molecule has 2 N–H and O–H groups in total. The van der Waals surface area contributed by atoms with Gasteiger partial charge in [0.25, 0.3) is 0 Å². The van der Waals surface area contributed by atoms with Crippen molar-refractivity contribution in [2.75, 3.05) is 31.1 Å². The van der Waals surface area contributed by atoms with E-state index in [1.165, 1.54) is 30.8 Å². The summed E-state index contributed by atoms with van der Waals surface area (Å²) in [6, 6.07) is 0. The molecule has 0 saturated carbocycles. The molecule has 98 valence electrons. The highest BCUT2D eigenvalue weighted by Crippen LogP contribution is 2.22. The number of thioether (sulfide) groups is 1. The van der Waals surface area contributed by atoms with Crippen molar-refractivity contribution in [3.63, 3.8) is 0 Å². The van der Waals surface area contributed by atoms with Crippen molar-refractivity contribution in [1.29, 1.82) is 0 Å². The fourth-order valence-corrected chi connectivity index (χ4v) is 3.88. The van der Waals surface area contributed by atoms with Crippen molar-refractivity contribution >= 4 is 17.7 Å². The fraction of sp³-hybridized carbons (Fsp3) is 0.923. The molecule has 0 aromatic heterocycles. The molecule has 0 bridgehead atoms. The Morgan fingerprint density at radius 2 is 2.06 bits per heavy atom. The summed E-state index contributed by atoms with van der Waals surface area (Å²) in [4.78, 5) is 11.7. The summed E-state index contributed by atoms with van der Waals surface area (Å²) < 4.78 is 0. The van der Waals surface area contributed by atoms with E-state index >= 15 is 0 Å². The summed E-state index contributed by atoms with van der Waals surface area (Å²) in [5.41, 5.74) is 0. The van der Waals surface area contributed by atoms with E-state index in [1.807, 2.05) is 11.8 Å². The number of rotatable bonds is 5. The molecule has 17 heavy (non-hydrogen) atoms. The zero-order chi connectivity index (χ0) is 11.9. The molecule has 1 amide bonds. The van der Waals surface area contributed by atoms with Crippen LogP contribution in [-0.4, -0.2) is 37.0 Å². The van der Waals surface area contributed by atoms with Gasteiger partial charge in [0.2, 0.25) is 5.91 Å². The third-order valence-corrected chi connectivity index (χ3v) is 5.08. The minimum Gasteiger partial charge on any atom is -0.356 e. The monoisotopic (exact) mass is 256 g/mol. The third kappa shape index (κ3) is 4.88. The van der Waals surface area contributed by atoms with E-state index in [4.69, 9.17) is 0 Å². The number of nitrogens with one attached hydrogen (secondary N) is 2. The van der Waals surface area contributed by atoms with Gasteiger partial charge in [-0.05, 0) is 62.1 Å². The lowest BCUT2D eigenvalue weighted by Gasteiger charge is -2.22. The second kappa shape index (κ2) is 7.27. The van der Waals surface area contributed by atoms with Gasteiger partial charge in [0.05, 0.1) is 0 Å². The maximum Gasteiger partial charge on any atom is 0.220 e. The highest BCUT2D eigenvalue weighted by Gasteiger charge is 2.17. The van der Waals surface area contributed by atoms with Gasteiger partial charge < -0.3 is 10.6 Å². The first kappa shape index (κ1) is 13.2. The van der Waals surface area contributed by atoms with Crippen LogP contribution in [0.15, 0.2) is 0 Å². The predicted molar refractivity (Wildman–Crippen MR) is 73.3 cm³/mol. The first-order valence-corrected chi connectivity index (χ1v) is 8.05. The van der Waals surface area contributed by atoms with Crippen molar-refractivity contribution in [3.8, 4) is 0 Å². The van der Waals surface area contributed by atoms with Crippen LogP contribution in [0.25, 0.3) is 0 Å². The van der Waals surface area contributed by atoms with Crippen molar-refractivity contribution in [1.82, 2.24) is 10.6 Å². The average molecular weight is 256 g/mol. The number of amides is 1. The van der Waals surface area contributed by atoms with Crippen molar-refractivity contribution in [2.24, 2.45) is 11.8 Å². The van der Waals surface area contributed by atoms with E-state index in [0.29, 0.717) is 0 Å². The Morgan fingerprint density at radius 1 is 1.24 bits per heavy atom. The zero-order valence-corrected chi connectivity index (χ0v) is 11.4. The summed E-state index contributed by atoms with van der Waals surface area (Å²) in [5, 5.41) is 6.46. The molecule has 2 saturated heterocycles. The molecule has 1 unspecified atom stereocenters. The van der Waals surface area contributed by atoms with E-state index in [1.54, 1.807) is 0 Å². The number of hydrogen-bond donors (Lipinski definition) is 2. The van der Waals surface area contributed by atoms with Gasteiger partial charge in [-0.1, -0.05) is 0 Å². The average Bonchev–Trinajstić information content (AvgIpc) is 2.88. The molecule has 0 radical (unpaired) electrons. The molecule has 2 fully saturated rings. The molecule has 3 nitrogen and oxygen atoms in total. The van der Waals surface area contributed by atoms with Gasteiger partial charge in [0, 0.05) is 13.0 Å². The number of carbonyl (C=O) groups is 1. The summed E-state index contributed by atoms with van der Waals surface area (Å²) in [6.07, 6.45) is 5.57. The largest absolute Gasteiger partial charge is 0.356 e. The van der Waals surface area contributed by atoms with Crippen LogP contribution >= 0.6 is 11.8 Å². The number of carbonyl (C=O) groups excluding carboxylic acids is 1. The van der Waals surface area contributed by atoms with Gasteiger partial charge in [-0.15, -0.1) is 0 Å². The Kier molecular flexibility index (Phi) is 5.65. The number of piperidine rings is 1.